The fourth-order valence-corrected chi connectivity index (χ4v) is 3.12. The molecule has 2 aromatic rings. The second-order valence-corrected chi connectivity index (χ2v) is 6.42. The molecule has 0 aliphatic heterocycles. The SMILES string of the molecule is CC1(CNc2nc3ccc(N)cc3c(=O)[nH]2)CCCCC1. The van der Waals surface area contributed by atoms with Crippen LogP contribution in [0.5, 0.6) is 0 Å². The van der Waals surface area contributed by atoms with Gasteiger partial charge in [0.15, 0.2) is 0 Å². The maximum atomic E-state index is 12.1. The number of nitrogen functional groups attached to an aromatic ring is 1. The van der Waals surface area contributed by atoms with Gasteiger partial charge in [0, 0.05) is 12.2 Å². The fraction of sp³-hybridized carbons (Fsp3) is 0.500. The quantitative estimate of drug-likeness (QED) is 0.757. The lowest BCUT2D eigenvalue weighted by molar-refractivity contribution is 0.233. The number of nitrogens with one attached hydrogen (secondary N) is 2. The molecule has 3 rings (SSSR count). The van der Waals surface area contributed by atoms with Crippen LogP contribution in [0.1, 0.15) is 39.0 Å². The molecule has 1 saturated carbocycles. The van der Waals surface area contributed by atoms with Crippen molar-refractivity contribution in [2.45, 2.75) is 39.0 Å². The third-order valence-electron chi connectivity index (χ3n) is 4.47. The molecule has 0 radical (unpaired) electrons. The third-order valence-corrected chi connectivity index (χ3v) is 4.47. The number of H-pyrrole nitrogens is 1. The Balaban J connectivity index is 1.81. The number of rotatable bonds is 3. The largest absolute Gasteiger partial charge is 0.399 e. The van der Waals surface area contributed by atoms with Gasteiger partial charge in [0.2, 0.25) is 5.95 Å². The van der Waals surface area contributed by atoms with Crippen LogP contribution in [0.15, 0.2) is 23.0 Å². The van der Waals surface area contributed by atoms with Gasteiger partial charge in [0.05, 0.1) is 10.9 Å². The Morgan fingerprint density at radius 1 is 1.33 bits per heavy atom. The van der Waals surface area contributed by atoms with E-state index < -0.39 is 0 Å². The Labute approximate surface area is 124 Å². The average molecular weight is 286 g/mol. The van der Waals surface area contributed by atoms with Crippen molar-refractivity contribution in [1.82, 2.24) is 9.97 Å². The molecule has 1 aliphatic carbocycles. The van der Waals surface area contributed by atoms with Crippen molar-refractivity contribution in [3.05, 3.63) is 28.6 Å². The molecule has 1 fully saturated rings. The molecule has 0 unspecified atom stereocenters. The maximum Gasteiger partial charge on any atom is 0.260 e. The van der Waals surface area contributed by atoms with Crippen molar-refractivity contribution in [3.8, 4) is 0 Å². The smallest absolute Gasteiger partial charge is 0.260 e. The number of nitrogens with two attached hydrogens (primary N) is 1. The standard InChI is InChI=1S/C16H22N4O/c1-16(7-3-2-4-8-16)10-18-15-19-13-6-5-11(17)9-12(13)14(21)20-15/h5-6,9H,2-4,7-8,10,17H2,1H3,(H2,18,19,20,21). The second kappa shape index (κ2) is 5.39. The van der Waals surface area contributed by atoms with Crippen molar-refractivity contribution in [1.29, 1.82) is 0 Å². The van der Waals surface area contributed by atoms with Gasteiger partial charge in [-0.15, -0.1) is 0 Å². The van der Waals surface area contributed by atoms with Crippen LogP contribution in [-0.2, 0) is 0 Å². The van der Waals surface area contributed by atoms with E-state index in [0.717, 1.165) is 6.54 Å². The molecule has 5 nitrogen and oxygen atoms in total. The van der Waals surface area contributed by atoms with E-state index in [4.69, 9.17) is 5.73 Å². The van der Waals surface area contributed by atoms with Gasteiger partial charge in [0.1, 0.15) is 0 Å². The van der Waals surface area contributed by atoms with E-state index in [1.165, 1.54) is 32.1 Å². The molecule has 0 bridgehead atoms. The number of aromatic nitrogens is 2. The zero-order chi connectivity index (χ0) is 14.9. The number of hydrogen-bond acceptors (Lipinski definition) is 4. The van der Waals surface area contributed by atoms with E-state index in [-0.39, 0.29) is 5.56 Å². The Hall–Kier alpha value is -2.04. The number of nitrogens with zero attached hydrogens (tertiary/aromatic N) is 1. The Kier molecular flexibility index (Phi) is 3.57. The summed E-state index contributed by atoms with van der Waals surface area (Å²) in [4.78, 5) is 19.4. The van der Waals surface area contributed by atoms with Crippen LogP contribution >= 0.6 is 0 Å². The van der Waals surface area contributed by atoms with Gasteiger partial charge >= 0.3 is 0 Å². The van der Waals surface area contributed by atoms with Gasteiger partial charge in [-0.25, -0.2) is 4.98 Å². The summed E-state index contributed by atoms with van der Waals surface area (Å²) in [7, 11) is 0. The van der Waals surface area contributed by atoms with Crippen molar-refractivity contribution >= 4 is 22.5 Å². The van der Waals surface area contributed by atoms with Crippen LogP contribution in [0, 0.1) is 5.41 Å². The number of benzene rings is 1. The lowest BCUT2D eigenvalue weighted by atomic mass is 9.76. The van der Waals surface area contributed by atoms with E-state index >= 15 is 0 Å². The van der Waals surface area contributed by atoms with Gasteiger partial charge in [-0.1, -0.05) is 26.2 Å². The first-order valence-corrected chi connectivity index (χ1v) is 7.59. The topological polar surface area (TPSA) is 83.8 Å². The zero-order valence-electron chi connectivity index (χ0n) is 12.4. The number of fused-ring (bicyclic) bond motifs is 1. The molecule has 0 saturated heterocycles. The number of aromatic amines is 1. The third kappa shape index (κ3) is 3.01. The van der Waals surface area contributed by atoms with Gasteiger partial charge in [-0.2, -0.15) is 0 Å². The summed E-state index contributed by atoms with van der Waals surface area (Å²) in [5.74, 6) is 0.545. The molecule has 1 aromatic carbocycles. The molecule has 112 valence electrons. The first-order valence-electron chi connectivity index (χ1n) is 7.59. The van der Waals surface area contributed by atoms with Gasteiger partial charge in [-0.05, 0) is 36.5 Å². The predicted molar refractivity (Wildman–Crippen MR) is 86.5 cm³/mol. The molecule has 0 atom stereocenters. The lowest BCUT2D eigenvalue weighted by Crippen LogP contribution is -2.30. The fourth-order valence-electron chi connectivity index (χ4n) is 3.12. The molecule has 5 heteroatoms. The van der Waals surface area contributed by atoms with E-state index in [2.05, 4.69) is 22.2 Å². The minimum absolute atomic E-state index is 0.149. The van der Waals surface area contributed by atoms with Crippen LogP contribution < -0.4 is 16.6 Å². The predicted octanol–water partition coefficient (Wildman–Crippen LogP) is 2.89. The van der Waals surface area contributed by atoms with Crippen molar-refractivity contribution in [2.24, 2.45) is 5.41 Å². The Morgan fingerprint density at radius 3 is 2.86 bits per heavy atom. The summed E-state index contributed by atoms with van der Waals surface area (Å²) in [5, 5.41) is 3.84. The minimum Gasteiger partial charge on any atom is -0.399 e. The van der Waals surface area contributed by atoms with Crippen LogP contribution in [0.3, 0.4) is 0 Å². The molecule has 0 amide bonds. The summed E-state index contributed by atoms with van der Waals surface area (Å²) in [5.41, 5.74) is 7.10. The first-order chi connectivity index (χ1) is 10.1. The molecule has 4 N–H and O–H groups in total. The molecule has 1 heterocycles. The van der Waals surface area contributed by atoms with Crippen molar-refractivity contribution < 1.29 is 0 Å². The average Bonchev–Trinajstić information content (AvgIpc) is 2.47. The molecule has 1 aliphatic rings. The van der Waals surface area contributed by atoms with Gasteiger partial charge in [-0.3, -0.25) is 9.78 Å². The van der Waals surface area contributed by atoms with Crippen LogP contribution in [0.2, 0.25) is 0 Å². The zero-order valence-corrected chi connectivity index (χ0v) is 12.4. The lowest BCUT2D eigenvalue weighted by Gasteiger charge is -2.33. The monoisotopic (exact) mass is 286 g/mol. The molecule has 21 heavy (non-hydrogen) atoms. The summed E-state index contributed by atoms with van der Waals surface area (Å²) in [6.45, 7) is 3.15. The molecule has 0 spiro atoms. The minimum atomic E-state index is -0.149. The second-order valence-electron chi connectivity index (χ2n) is 6.42. The maximum absolute atomic E-state index is 12.1. The summed E-state index contributed by atoms with van der Waals surface area (Å²) < 4.78 is 0. The summed E-state index contributed by atoms with van der Waals surface area (Å²) >= 11 is 0. The molecule has 1 aromatic heterocycles. The number of anilines is 2. The Bertz CT molecular complexity index is 701. The highest BCUT2D eigenvalue weighted by molar-refractivity contribution is 5.81. The summed E-state index contributed by atoms with van der Waals surface area (Å²) in [6.07, 6.45) is 6.38. The van der Waals surface area contributed by atoms with E-state index in [0.29, 0.717) is 28.0 Å². The van der Waals surface area contributed by atoms with Gasteiger partial charge in [0.25, 0.3) is 5.56 Å². The highest BCUT2D eigenvalue weighted by atomic mass is 16.1. The van der Waals surface area contributed by atoms with Crippen LogP contribution in [0.4, 0.5) is 11.6 Å². The molecular weight excluding hydrogens is 264 g/mol. The van der Waals surface area contributed by atoms with Crippen molar-refractivity contribution in [3.63, 3.8) is 0 Å². The van der Waals surface area contributed by atoms with E-state index in [1.54, 1.807) is 18.2 Å². The van der Waals surface area contributed by atoms with Crippen LogP contribution in [0.25, 0.3) is 10.9 Å². The Morgan fingerprint density at radius 2 is 2.10 bits per heavy atom. The molecular formula is C16H22N4O. The summed E-state index contributed by atoms with van der Waals surface area (Å²) in [6, 6.07) is 5.21. The van der Waals surface area contributed by atoms with Crippen LogP contribution in [-0.4, -0.2) is 16.5 Å². The highest BCUT2D eigenvalue weighted by Gasteiger charge is 2.26. The van der Waals surface area contributed by atoms with Crippen molar-refractivity contribution in [2.75, 3.05) is 17.6 Å². The van der Waals surface area contributed by atoms with E-state index in [1.807, 2.05) is 0 Å². The number of hydrogen-bond donors (Lipinski definition) is 3. The van der Waals surface area contributed by atoms with Gasteiger partial charge < -0.3 is 11.1 Å². The normalized spacial score (nSPS) is 17.8. The van der Waals surface area contributed by atoms with E-state index in [9.17, 15) is 4.79 Å². The first kappa shape index (κ1) is 13.9. The highest BCUT2D eigenvalue weighted by Crippen LogP contribution is 2.35.